The Morgan fingerprint density at radius 2 is 2.17 bits per heavy atom. The summed E-state index contributed by atoms with van der Waals surface area (Å²) in [6.45, 7) is 6.23. The van der Waals surface area contributed by atoms with Gasteiger partial charge in [-0.25, -0.2) is 9.40 Å². The second kappa shape index (κ2) is 9.96. The lowest BCUT2D eigenvalue weighted by atomic mass is 9.96. The van der Waals surface area contributed by atoms with Gasteiger partial charge in [0.15, 0.2) is 0 Å². The lowest BCUT2D eigenvalue weighted by molar-refractivity contribution is -0.130. The zero-order valence-electron chi connectivity index (χ0n) is 17.4. The van der Waals surface area contributed by atoms with Crippen LogP contribution in [0.2, 0.25) is 0 Å². The van der Waals surface area contributed by atoms with Crippen molar-refractivity contribution < 1.29 is 14.0 Å². The lowest BCUT2D eigenvalue weighted by Crippen LogP contribution is -2.46. The molecule has 0 saturated carbocycles. The number of hydrogen-bond acceptors (Lipinski definition) is 4. The maximum Gasteiger partial charge on any atom is 0.270 e. The number of likely N-dealkylation sites (tertiary alicyclic amines) is 1. The van der Waals surface area contributed by atoms with E-state index in [1.165, 1.54) is 11.1 Å². The van der Waals surface area contributed by atoms with Gasteiger partial charge in [-0.1, -0.05) is 12.1 Å². The number of piperidine rings is 1. The summed E-state index contributed by atoms with van der Waals surface area (Å²) in [5.74, 6) is 0.132. The van der Waals surface area contributed by atoms with Gasteiger partial charge < -0.3 is 9.80 Å². The molecule has 6 nitrogen and oxygen atoms in total. The van der Waals surface area contributed by atoms with Crippen LogP contribution in [0.4, 0.5) is 4.39 Å². The molecule has 2 amide bonds. The SMILES string of the molecule is CCN(C[C@H]1CCCN(CCc2cccc(F)c2)C1)C(=O)C1=NN(C)C(=O)CC1. The molecule has 1 fully saturated rings. The van der Waals surface area contributed by atoms with Crippen molar-refractivity contribution >= 4 is 17.5 Å². The molecule has 0 radical (unpaired) electrons. The molecule has 0 bridgehead atoms. The normalized spacial score (nSPS) is 20.5. The first-order valence-electron chi connectivity index (χ1n) is 10.6. The summed E-state index contributed by atoms with van der Waals surface area (Å²) in [6.07, 6.45) is 3.81. The molecule has 0 aliphatic carbocycles. The van der Waals surface area contributed by atoms with Gasteiger partial charge in [0.2, 0.25) is 5.91 Å². The van der Waals surface area contributed by atoms with Gasteiger partial charge in [0.05, 0.1) is 0 Å². The fourth-order valence-corrected chi connectivity index (χ4v) is 4.16. The number of carbonyl (C=O) groups is 2. The minimum atomic E-state index is -0.186. The van der Waals surface area contributed by atoms with Crippen LogP contribution in [0.15, 0.2) is 29.4 Å². The molecule has 3 rings (SSSR count). The summed E-state index contributed by atoms with van der Waals surface area (Å²) in [4.78, 5) is 28.8. The van der Waals surface area contributed by atoms with Crippen LogP contribution < -0.4 is 0 Å². The van der Waals surface area contributed by atoms with Crippen molar-refractivity contribution in [1.29, 1.82) is 0 Å². The molecule has 0 spiro atoms. The molecule has 2 aliphatic rings. The largest absolute Gasteiger partial charge is 0.337 e. The van der Waals surface area contributed by atoms with E-state index in [0.717, 1.165) is 44.5 Å². The number of amides is 2. The molecule has 0 aromatic heterocycles. The maximum absolute atomic E-state index is 13.4. The third-order valence-corrected chi connectivity index (χ3v) is 5.81. The predicted octanol–water partition coefficient (Wildman–Crippen LogP) is 2.54. The second-order valence-corrected chi connectivity index (χ2v) is 8.00. The molecule has 0 unspecified atom stereocenters. The second-order valence-electron chi connectivity index (χ2n) is 8.00. The Hall–Kier alpha value is -2.28. The maximum atomic E-state index is 13.4. The van der Waals surface area contributed by atoms with Crippen molar-refractivity contribution in [3.05, 3.63) is 35.6 Å². The Morgan fingerprint density at radius 3 is 2.90 bits per heavy atom. The average Bonchev–Trinajstić information content (AvgIpc) is 2.72. The van der Waals surface area contributed by atoms with E-state index in [-0.39, 0.29) is 17.6 Å². The first-order valence-corrected chi connectivity index (χ1v) is 10.6. The van der Waals surface area contributed by atoms with Crippen LogP contribution in [-0.2, 0) is 16.0 Å². The molecule has 29 heavy (non-hydrogen) atoms. The van der Waals surface area contributed by atoms with Gasteiger partial charge >= 0.3 is 0 Å². The monoisotopic (exact) mass is 402 g/mol. The number of hydrogen-bond donors (Lipinski definition) is 0. The van der Waals surface area contributed by atoms with E-state index in [1.807, 2.05) is 17.9 Å². The van der Waals surface area contributed by atoms with E-state index >= 15 is 0 Å². The van der Waals surface area contributed by atoms with Gasteiger partial charge in [0, 0.05) is 46.1 Å². The van der Waals surface area contributed by atoms with Gasteiger partial charge in [-0.2, -0.15) is 5.10 Å². The van der Waals surface area contributed by atoms with Crippen LogP contribution in [0.5, 0.6) is 0 Å². The topological polar surface area (TPSA) is 56.2 Å². The van der Waals surface area contributed by atoms with E-state index in [9.17, 15) is 14.0 Å². The summed E-state index contributed by atoms with van der Waals surface area (Å²) < 4.78 is 13.4. The predicted molar refractivity (Wildman–Crippen MR) is 111 cm³/mol. The smallest absolute Gasteiger partial charge is 0.270 e. The number of hydrazone groups is 1. The molecule has 1 aromatic rings. The van der Waals surface area contributed by atoms with Gasteiger partial charge in [-0.3, -0.25) is 9.59 Å². The van der Waals surface area contributed by atoms with Crippen LogP contribution in [0, 0.1) is 11.7 Å². The molecule has 1 aromatic carbocycles. The number of rotatable bonds is 7. The third-order valence-electron chi connectivity index (χ3n) is 5.81. The summed E-state index contributed by atoms with van der Waals surface area (Å²) in [7, 11) is 1.60. The fraction of sp³-hybridized carbons (Fsp3) is 0.591. The van der Waals surface area contributed by atoms with E-state index in [1.54, 1.807) is 19.2 Å². The minimum absolute atomic E-state index is 0.0502. The van der Waals surface area contributed by atoms with Gasteiger partial charge in [-0.15, -0.1) is 0 Å². The first-order chi connectivity index (χ1) is 14.0. The van der Waals surface area contributed by atoms with Crippen molar-refractivity contribution in [2.24, 2.45) is 11.0 Å². The molecular weight excluding hydrogens is 371 g/mol. The highest BCUT2D eigenvalue weighted by molar-refractivity contribution is 6.39. The van der Waals surface area contributed by atoms with E-state index in [0.29, 0.717) is 37.6 Å². The number of nitrogens with zero attached hydrogens (tertiary/aromatic N) is 4. The highest BCUT2D eigenvalue weighted by Gasteiger charge is 2.28. The molecule has 2 aliphatic heterocycles. The van der Waals surface area contributed by atoms with Crippen molar-refractivity contribution in [1.82, 2.24) is 14.8 Å². The number of carbonyl (C=O) groups excluding carboxylic acids is 2. The molecular formula is C22H31FN4O2. The van der Waals surface area contributed by atoms with Crippen molar-refractivity contribution in [2.45, 2.75) is 39.0 Å². The van der Waals surface area contributed by atoms with Crippen LogP contribution in [0.25, 0.3) is 0 Å². The van der Waals surface area contributed by atoms with Crippen LogP contribution in [0.1, 0.15) is 38.2 Å². The molecule has 158 valence electrons. The Morgan fingerprint density at radius 1 is 1.34 bits per heavy atom. The summed E-state index contributed by atoms with van der Waals surface area (Å²) in [5.41, 5.74) is 1.50. The Balaban J connectivity index is 1.53. The molecule has 2 heterocycles. The van der Waals surface area contributed by atoms with E-state index in [2.05, 4.69) is 10.0 Å². The van der Waals surface area contributed by atoms with Gasteiger partial charge in [-0.05, 0) is 56.3 Å². The molecule has 7 heteroatoms. The Bertz CT molecular complexity index is 767. The quantitative estimate of drug-likeness (QED) is 0.704. The highest BCUT2D eigenvalue weighted by atomic mass is 19.1. The van der Waals surface area contributed by atoms with Crippen LogP contribution in [0.3, 0.4) is 0 Å². The molecule has 1 saturated heterocycles. The van der Waals surface area contributed by atoms with Crippen molar-refractivity contribution in [3.8, 4) is 0 Å². The van der Waals surface area contributed by atoms with Crippen molar-refractivity contribution in [3.63, 3.8) is 0 Å². The van der Waals surface area contributed by atoms with E-state index < -0.39 is 0 Å². The summed E-state index contributed by atoms with van der Waals surface area (Å²) in [6, 6.07) is 6.80. The van der Waals surface area contributed by atoms with E-state index in [4.69, 9.17) is 0 Å². The van der Waals surface area contributed by atoms with Crippen LogP contribution in [-0.4, -0.2) is 72.1 Å². The van der Waals surface area contributed by atoms with Gasteiger partial charge in [0.25, 0.3) is 5.91 Å². The molecule has 1 atom stereocenters. The summed E-state index contributed by atoms with van der Waals surface area (Å²) >= 11 is 0. The zero-order chi connectivity index (χ0) is 20.8. The number of benzene rings is 1. The Kier molecular flexibility index (Phi) is 7.36. The Labute approximate surface area is 172 Å². The van der Waals surface area contributed by atoms with Crippen molar-refractivity contribution in [2.75, 3.05) is 39.8 Å². The standard InChI is InChI=1S/C22H31FN4O2/c1-3-27(22(29)20-9-10-21(28)25(2)24-20)16-18-7-5-12-26(15-18)13-11-17-6-4-8-19(23)14-17/h4,6,8,14,18H,3,5,7,9-13,15-16H2,1-2H3/t18-/m0/s1. The average molecular weight is 403 g/mol. The molecule has 0 N–H and O–H groups in total. The zero-order valence-corrected chi connectivity index (χ0v) is 17.4. The highest BCUT2D eigenvalue weighted by Crippen LogP contribution is 2.19. The van der Waals surface area contributed by atoms with Crippen LogP contribution >= 0.6 is 0 Å². The third kappa shape index (κ3) is 5.85. The summed E-state index contributed by atoms with van der Waals surface area (Å²) in [5, 5.41) is 5.46. The van der Waals surface area contributed by atoms with Gasteiger partial charge in [0.1, 0.15) is 11.5 Å². The lowest BCUT2D eigenvalue weighted by Gasteiger charge is -2.36. The number of halogens is 1. The fourth-order valence-electron chi connectivity index (χ4n) is 4.16. The minimum Gasteiger partial charge on any atom is -0.337 e. The first kappa shape index (κ1) is 21.4.